The van der Waals surface area contributed by atoms with Gasteiger partial charge in [-0.2, -0.15) is 10.1 Å². The zero-order valence-corrected chi connectivity index (χ0v) is 13.6. The fraction of sp³-hybridized carbons (Fsp3) is 0.111. The van der Waals surface area contributed by atoms with Crippen LogP contribution in [0.1, 0.15) is 22.7 Å². The van der Waals surface area contributed by atoms with Gasteiger partial charge in [-0.15, -0.1) is 0 Å². The lowest BCUT2D eigenvalue weighted by atomic mass is 10.0. The van der Waals surface area contributed by atoms with E-state index in [9.17, 15) is 4.39 Å². The summed E-state index contributed by atoms with van der Waals surface area (Å²) in [6, 6.07) is 12.3. The molecule has 6 heteroatoms. The van der Waals surface area contributed by atoms with E-state index in [1.165, 1.54) is 18.0 Å². The van der Waals surface area contributed by atoms with Crippen LogP contribution in [-0.2, 0) is 0 Å². The summed E-state index contributed by atoms with van der Waals surface area (Å²) in [7, 11) is 0. The molecule has 24 heavy (non-hydrogen) atoms. The van der Waals surface area contributed by atoms with Gasteiger partial charge in [0.2, 0.25) is 5.95 Å². The van der Waals surface area contributed by atoms with Crippen molar-refractivity contribution in [1.82, 2.24) is 14.8 Å². The van der Waals surface area contributed by atoms with Gasteiger partial charge in [0, 0.05) is 16.3 Å². The summed E-state index contributed by atoms with van der Waals surface area (Å²) in [4.78, 5) is 4.22. The summed E-state index contributed by atoms with van der Waals surface area (Å²) in [5.41, 5.74) is 3.40. The predicted octanol–water partition coefficient (Wildman–Crippen LogP) is 4.44. The van der Waals surface area contributed by atoms with E-state index in [1.807, 2.05) is 37.3 Å². The van der Waals surface area contributed by atoms with Crippen LogP contribution in [0, 0.1) is 12.7 Å². The Balaban J connectivity index is 1.87. The van der Waals surface area contributed by atoms with Gasteiger partial charge >= 0.3 is 0 Å². The fourth-order valence-corrected chi connectivity index (χ4v) is 3.11. The van der Waals surface area contributed by atoms with Crippen molar-refractivity contribution in [3.05, 3.63) is 82.4 Å². The molecule has 1 atom stereocenters. The average Bonchev–Trinajstić information content (AvgIpc) is 3.04. The van der Waals surface area contributed by atoms with Gasteiger partial charge in [-0.05, 0) is 30.7 Å². The second kappa shape index (κ2) is 5.76. The Bertz CT molecular complexity index is 910. The lowest BCUT2D eigenvalue weighted by molar-refractivity contribution is 0.551. The molecule has 0 spiro atoms. The summed E-state index contributed by atoms with van der Waals surface area (Å²) in [6.45, 7) is 2.03. The van der Waals surface area contributed by atoms with Gasteiger partial charge in [-0.3, -0.25) is 0 Å². The summed E-state index contributed by atoms with van der Waals surface area (Å²) in [5.74, 6) is 0.188. The van der Waals surface area contributed by atoms with Crippen LogP contribution in [0.4, 0.5) is 10.3 Å². The molecule has 120 valence electrons. The van der Waals surface area contributed by atoms with Gasteiger partial charge in [-0.1, -0.05) is 47.5 Å². The lowest BCUT2D eigenvalue weighted by Gasteiger charge is -2.25. The van der Waals surface area contributed by atoms with Gasteiger partial charge in [0.15, 0.2) is 0 Å². The number of anilines is 1. The van der Waals surface area contributed by atoms with Crippen molar-refractivity contribution < 1.29 is 4.39 Å². The number of allylic oxidation sites excluding steroid dienone is 1. The maximum Gasteiger partial charge on any atom is 0.226 e. The Labute approximate surface area is 143 Å². The molecule has 0 radical (unpaired) electrons. The molecule has 0 fully saturated rings. The summed E-state index contributed by atoms with van der Waals surface area (Å²) in [6.07, 6.45) is 3.35. The molecule has 0 saturated heterocycles. The highest BCUT2D eigenvalue weighted by molar-refractivity contribution is 6.31. The molecule has 3 aromatic rings. The second-order valence-corrected chi connectivity index (χ2v) is 6.09. The number of aryl methyl sites for hydroxylation is 1. The first kappa shape index (κ1) is 14.9. The topological polar surface area (TPSA) is 42.7 Å². The molecule has 2 aromatic carbocycles. The maximum atomic E-state index is 14.4. The maximum absolute atomic E-state index is 14.4. The number of halogens is 2. The molecule has 1 aliphatic rings. The van der Waals surface area contributed by atoms with Gasteiger partial charge < -0.3 is 5.32 Å². The van der Waals surface area contributed by atoms with Crippen molar-refractivity contribution in [2.45, 2.75) is 13.0 Å². The highest BCUT2D eigenvalue weighted by atomic mass is 35.5. The van der Waals surface area contributed by atoms with Gasteiger partial charge in [0.25, 0.3) is 0 Å². The molecule has 2 heterocycles. The highest BCUT2D eigenvalue weighted by Gasteiger charge is 2.27. The molecular weight excluding hydrogens is 327 g/mol. The van der Waals surface area contributed by atoms with Crippen LogP contribution in [0.25, 0.3) is 5.70 Å². The zero-order valence-electron chi connectivity index (χ0n) is 12.9. The summed E-state index contributed by atoms with van der Waals surface area (Å²) >= 11 is 6.26. The number of nitrogens with zero attached hydrogens (tertiary/aromatic N) is 3. The van der Waals surface area contributed by atoms with E-state index in [0.717, 1.165) is 11.3 Å². The highest BCUT2D eigenvalue weighted by Crippen LogP contribution is 2.36. The smallest absolute Gasteiger partial charge is 0.226 e. The minimum atomic E-state index is -0.464. The SMILES string of the molecule is Cc1ccc(C2=C[C@H](c3c(F)cccc3Cl)n3ncnc3N2)cc1. The van der Waals surface area contributed by atoms with Crippen LogP contribution in [0.5, 0.6) is 0 Å². The minimum Gasteiger partial charge on any atom is -0.324 e. The first-order chi connectivity index (χ1) is 11.6. The Morgan fingerprint density at radius 2 is 1.96 bits per heavy atom. The van der Waals surface area contributed by atoms with Gasteiger partial charge in [0.05, 0.1) is 0 Å². The minimum absolute atomic E-state index is 0.364. The molecule has 0 unspecified atom stereocenters. The molecule has 4 rings (SSSR count). The molecule has 4 nitrogen and oxygen atoms in total. The quantitative estimate of drug-likeness (QED) is 0.750. The Hall–Kier alpha value is -2.66. The van der Waals surface area contributed by atoms with Crippen molar-refractivity contribution in [3.8, 4) is 0 Å². The number of nitrogens with one attached hydrogen (secondary N) is 1. The van der Waals surface area contributed by atoms with E-state index in [4.69, 9.17) is 11.6 Å². The van der Waals surface area contributed by atoms with E-state index in [2.05, 4.69) is 15.4 Å². The van der Waals surface area contributed by atoms with Crippen LogP contribution in [0.2, 0.25) is 5.02 Å². The van der Waals surface area contributed by atoms with Gasteiger partial charge in [-0.25, -0.2) is 9.07 Å². The zero-order chi connectivity index (χ0) is 16.7. The van der Waals surface area contributed by atoms with Crippen LogP contribution >= 0.6 is 11.6 Å². The first-order valence-electron chi connectivity index (χ1n) is 7.53. The van der Waals surface area contributed by atoms with Crippen molar-refractivity contribution >= 4 is 23.2 Å². The largest absolute Gasteiger partial charge is 0.324 e. The first-order valence-corrected chi connectivity index (χ1v) is 7.90. The number of benzene rings is 2. The summed E-state index contributed by atoms with van der Waals surface area (Å²) in [5, 5.41) is 7.81. The molecule has 0 amide bonds. The van der Waals surface area contributed by atoms with Crippen molar-refractivity contribution in [2.24, 2.45) is 0 Å². The summed E-state index contributed by atoms with van der Waals surface area (Å²) < 4.78 is 16.0. The van der Waals surface area contributed by atoms with Crippen LogP contribution in [-0.4, -0.2) is 14.8 Å². The monoisotopic (exact) mass is 340 g/mol. The normalized spacial score (nSPS) is 16.3. The van der Waals surface area contributed by atoms with E-state index < -0.39 is 6.04 Å². The number of hydrogen-bond donors (Lipinski definition) is 1. The fourth-order valence-electron chi connectivity index (χ4n) is 2.83. The Morgan fingerprint density at radius 1 is 1.17 bits per heavy atom. The van der Waals surface area contributed by atoms with E-state index in [-0.39, 0.29) is 5.82 Å². The second-order valence-electron chi connectivity index (χ2n) is 5.68. The van der Waals surface area contributed by atoms with Crippen molar-refractivity contribution in [2.75, 3.05) is 5.32 Å². The number of hydrogen-bond acceptors (Lipinski definition) is 3. The Kier molecular flexibility index (Phi) is 3.58. The van der Waals surface area contributed by atoms with Crippen LogP contribution in [0.3, 0.4) is 0 Å². The molecule has 0 saturated carbocycles. The van der Waals surface area contributed by atoms with Gasteiger partial charge in [0.1, 0.15) is 18.2 Å². The lowest BCUT2D eigenvalue weighted by Crippen LogP contribution is -2.21. The van der Waals surface area contributed by atoms with E-state index >= 15 is 0 Å². The molecule has 0 aliphatic carbocycles. The van der Waals surface area contributed by atoms with E-state index in [1.54, 1.807) is 16.8 Å². The predicted molar refractivity (Wildman–Crippen MR) is 92.3 cm³/mol. The molecule has 1 N–H and O–H groups in total. The Morgan fingerprint density at radius 3 is 2.71 bits per heavy atom. The molecule has 1 aromatic heterocycles. The van der Waals surface area contributed by atoms with Crippen molar-refractivity contribution in [3.63, 3.8) is 0 Å². The number of aromatic nitrogens is 3. The standard InChI is InChI=1S/C18H14ClFN4/c1-11-5-7-12(8-6-11)15-9-16(24-18(23-15)21-10-22-24)17-13(19)3-2-4-14(17)20/h2-10,16H,1H3,(H,21,22,23)/t16-/m1/s1. The van der Waals surface area contributed by atoms with Crippen LogP contribution < -0.4 is 5.32 Å². The molecular formula is C18H14ClFN4. The number of fused-ring (bicyclic) bond motifs is 1. The number of rotatable bonds is 2. The average molecular weight is 341 g/mol. The third kappa shape index (κ3) is 2.47. The van der Waals surface area contributed by atoms with E-state index in [0.29, 0.717) is 16.5 Å². The molecule has 1 aliphatic heterocycles. The third-order valence-electron chi connectivity index (χ3n) is 4.07. The van der Waals surface area contributed by atoms with Crippen molar-refractivity contribution in [1.29, 1.82) is 0 Å². The van der Waals surface area contributed by atoms with Crippen LogP contribution in [0.15, 0.2) is 54.9 Å². The molecule has 0 bridgehead atoms. The third-order valence-corrected chi connectivity index (χ3v) is 4.40.